The van der Waals surface area contributed by atoms with Crippen LogP contribution in [0, 0.1) is 11.3 Å². The molecule has 0 aromatic carbocycles. The highest BCUT2D eigenvalue weighted by molar-refractivity contribution is 9.10. The molecule has 1 rings (SSSR count). The van der Waals surface area contributed by atoms with Crippen molar-refractivity contribution in [3.8, 4) is 6.07 Å². The molecule has 4 nitrogen and oxygen atoms in total. The molecule has 0 radical (unpaired) electrons. The van der Waals surface area contributed by atoms with Crippen LogP contribution < -0.4 is 0 Å². The van der Waals surface area contributed by atoms with E-state index < -0.39 is 18.0 Å². The van der Waals surface area contributed by atoms with Crippen molar-refractivity contribution in [2.75, 3.05) is 6.61 Å². The first-order valence-electron chi connectivity index (χ1n) is 4.56. The molecule has 0 saturated carbocycles. The lowest BCUT2D eigenvalue weighted by Crippen LogP contribution is -2.10. The number of rotatable bonds is 3. The van der Waals surface area contributed by atoms with Crippen LogP contribution in [-0.2, 0) is 4.74 Å². The van der Waals surface area contributed by atoms with E-state index in [1.54, 1.807) is 13.0 Å². The van der Waals surface area contributed by atoms with E-state index in [4.69, 9.17) is 5.26 Å². The second-order valence-electron chi connectivity index (χ2n) is 2.88. The lowest BCUT2D eigenvalue weighted by molar-refractivity contribution is 0.0517. The molecule has 7 heteroatoms. The molecule has 0 bridgehead atoms. The molecular formula is C10H7BrF2N2O2. The third-order valence-corrected chi connectivity index (χ3v) is 2.67. The van der Waals surface area contributed by atoms with Crippen LogP contribution in [0.15, 0.2) is 10.7 Å². The highest BCUT2D eigenvalue weighted by Crippen LogP contribution is 2.32. The number of alkyl halides is 2. The van der Waals surface area contributed by atoms with Gasteiger partial charge >= 0.3 is 5.97 Å². The topological polar surface area (TPSA) is 63.0 Å². The van der Waals surface area contributed by atoms with Gasteiger partial charge in [-0.25, -0.2) is 18.6 Å². The zero-order valence-electron chi connectivity index (χ0n) is 8.71. The molecule has 1 aromatic heterocycles. The van der Waals surface area contributed by atoms with Crippen molar-refractivity contribution >= 4 is 21.9 Å². The minimum Gasteiger partial charge on any atom is -0.461 e. The van der Waals surface area contributed by atoms with Gasteiger partial charge in [0.05, 0.1) is 22.2 Å². The smallest absolute Gasteiger partial charge is 0.358 e. The Morgan fingerprint density at radius 2 is 2.35 bits per heavy atom. The van der Waals surface area contributed by atoms with Gasteiger partial charge in [-0.15, -0.1) is 0 Å². The van der Waals surface area contributed by atoms with E-state index in [0.717, 1.165) is 6.20 Å². The number of hydrogen-bond acceptors (Lipinski definition) is 4. The standard InChI is InChI=1S/C10H7BrF2N2O2/c1-2-17-10(16)8-7(11)6(9(12)13)5(3-14)4-15-8/h4,9H,2H2,1H3. The third kappa shape index (κ3) is 2.77. The Morgan fingerprint density at radius 3 is 2.82 bits per heavy atom. The largest absolute Gasteiger partial charge is 0.461 e. The number of nitrogens with zero attached hydrogens (tertiary/aromatic N) is 2. The summed E-state index contributed by atoms with van der Waals surface area (Å²) in [7, 11) is 0. The van der Waals surface area contributed by atoms with Crippen molar-refractivity contribution in [2.24, 2.45) is 0 Å². The van der Waals surface area contributed by atoms with Crippen molar-refractivity contribution in [1.29, 1.82) is 5.26 Å². The van der Waals surface area contributed by atoms with Gasteiger partial charge in [-0.05, 0) is 22.9 Å². The van der Waals surface area contributed by atoms with Crippen LogP contribution in [0.1, 0.15) is 35.0 Å². The summed E-state index contributed by atoms with van der Waals surface area (Å²) in [5.41, 5.74) is -1.09. The predicted molar refractivity (Wildman–Crippen MR) is 57.6 cm³/mol. The predicted octanol–water partition coefficient (Wildman–Crippen LogP) is 2.83. The first kappa shape index (κ1) is 13.5. The Kier molecular flexibility index (Phi) is 4.52. The molecule has 0 aliphatic carbocycles. The molecule has 17 heavy (non-hydrogen) atoms. The monoisotopic (exact) mass is 304 g/mol. The zero-order chi connectivity index (χ0) is 13.0. The molecular weight excluding hydrogens is 298 g/mol. The van der Waals surface area contributed by atoms with E-state index in [1.807, 2.05) is 0 Å². The minimum atomic E-state index is -2.88. The zero-order valence-corrected chi connectivity index (χ0v) is 10.3. The molecule has 0 unspecified atom stereocenters. The molecule has 0 atom stereocenters. The molecule has 0 N–H and O–H groups in total. The molecule has 0 spiro atoms. The molecule has 1 heterocycles. The summed E-state index contributed by atoms with van der Waals surface area (Å²) in [5.74, 6) is -0.814. The summed E-state index contributed by atoms with van der Waals surface area (Å²) in [5, 5.41) is 8.66. The van der Waals surface area contributed by atoms with E-state index in [9.17, 15) is 13.6 Å². The van der Waals surface area contributed by atoms with E-state index in [1.165, 1.54) is 0 Å². The summed E-state index contributed by atoms with van der Waals surface area (Å²) in [4.78, 5) is 15.0. The summed E-state index contributed by atoms with van der Waals surface area (Å²) in [6.45, 7) is 1.69. The lowest BCUT2D eigenvalue weighted by Gasteiger charge is -2.09. The van der Waals surface area contributed by atoms with Gasteiger partial charge in [-0.1, -0.05) is 0 Å². The highest BCUT2D eigenvalue weighted by Gasteiger charge is 2.24. The van der Waals surface area contributed by atoms with E-state index in [2.05, 4.69) is 25.7 Å². The first-order chi connectivity index (χ1) is 8.02. The quantitative estimate of drug-likeness (QED) is 0.806. The van der Waals surface area contributed by atoms with Crippen LogP contribution in [-0.4, -0.2) is 17.6 Å². The van der Waals surface area contributed by atoms with Crippen molar-refractivity contribution < 1.29 is 18.3 Å². The van der Waals surface area contributed by atoms with Crippen molar-refractivity contribution in [2.45, 2.75) is 13.3 Å². The number of carbonyl (C=O) groups excluding carboxylic acids is 1. The molecule has 0 fully saturated rings. The molecule has 0 amide bonds. The second kappa shape index (κ2) is 5.68. The van der Waals surface area contributed by atoms with Crippen LogP contribution in [0.2, 0.25) is 0 Å². The molecule has 0 aliphatic rings. The van der Waals surface area contributed by atoms with Crippen molar-refractivity contribution in [1.82, 2.24) is 4.98 Å². The average Bonchev–Trinajstić information content (AvgIpc) is 2.27. The maximum atomic E-state index is 12.7. The fourth-order valence-corrected chi connectivity index (χ4v) is 1.80. The van der Waals surface area contributed by atoms with Gasteiger partial charge < -0.3 is 4.74 Å². The number of halogens is 3. The summed E-state index contributed by atoms with van der Waals surface area (Å²) >= 11 is 2.85. The maximum Gasteiger partial charge on any atom is 0.358 e. The van der Waals surface area contributed by atoms with Gasteiger partial charge in [0.25, 0.3) is 6.43 Å². The van der Waals surface area contributed by atoms with Gasteiger partial charge in [0.1, 0.15) is 6.07 Å². The minimum absolute atomic E-state index is 0.108. The van der Waals surface area contributed by atoms with Crippen LogP contribution in [0.3, 0.4) is 0 Å². The second-order valence-corrected chi connectivity index (χ2v) is 3.67. The molecule has 1 aromatic rings. The third-order valence-electron chi connectivity index (χ3n) is 1.86. The number of esters is 1. The highest BCUT2D eigenvalue weighted by atomic mass is 79.9. The average molecular weight is 305 g/mol. The Balaban J connectivity index is 3.34. The van der Waals surface area contributed by atoms with Gasteiger partial charge in [-0.2, -0.15) is 5.26 Å². The number of aromatic nitrogens is 1. The van der Waals surface area contributed by atoms with Crippen molar-refractivity contribution in [3.63, 3.8) is 0 Å². The van der Waals surface area contributed by atoms with Crippen LogP contribution in [0.25, 0.3) is 0 Å². The number of pyridine rings is 1. The van der Waals surface area contributed by atoms with Gasteiger partial charge in [0.15, 0.2) is 5.69 Å². The Labute approximate surface area is 104 Å². The van der Waals surface area contributed by atoms with Crippen LogP contribution in [0.5, 0.6) is 0 Å². The van der Waals surface area contributed by atoms with Crippen molar-refractivity contribution in [3.05, 3.63) is 27.5 Å². The SMILES string of the molecule is CCOC(=O)c1ncc(C#N)c(C(F)F)c1Br. The Hall–Kier alpha value is -1.55. The molecule has 0 aliphatic heterocycles. The maximum absolute atomic E-state index is 12.7. The number of nitriles is 1. The summed E-state index contributed by atoms with van der Waals surface area (Å²) in [6.07, 6.45) is -1.95. The van der Waals surface area contributed by atoms with Gasteiger partial charge in [0, 0.05) is 6.20 Å². The molecule has 90 valence electrons. The Bertz CT molecular complexity index is 486. The summed E-state index contributed by atoms with van der Waals surface area (Å²) in [6, 6.07) is 1.59. The lowest BCUT2D eigenvalue weighted by atomic mass is 10.1. The van der Waals surface area contributed by atoms with E-state index >= 15 is 0 Å². The van der Waals surface area contributed by atoms with Crippen LogP contribution in [0.4, 0.5) is 8.78 Å². The number of ether oxygens (including phenoxy) is 1. The number of carbonyl (C=O) groups is 1. The van der Waals surface area contributed by atoms with Crippen LogP contribution >= 0.6 is 15.9 Å². The van der Waals surface area contributed by atoms with E-state index in [0.29, 0.717) is 0 Å². The fraction of sp³-hybridized carbons (Fsp3) is 0.300. The van der Waals surface area contributed by atoms with Gasteiger partial charge in [-0.3, -0.25) is 0 Å². The number of hydrogen-bond donors (Lipinski definition) is 0. The first-order valence-corrected chi connectivity index (χ1v) is 5.36. The fourth-order valence-electron chi connectivity index (χ4n) is 1.15. The van der Waals surface area contributed by atoms with E-state index in [-0.39, 0.29) is 22.3 Å². The summed E-state index contributed by atoms with van der Waals surface area (Å²) < 4.78 is 29.9. The normalized spacial score (nSPS) is 10.1. The Morgan fingerprint density at radius 1 is 1.71 bits per heavy atom. The molecule has 0 saturated heterocycles. The van der Waals surface area contributed by atoms with Gasteiger partial charge in [0.2, 0.25) is 0 Å².